The Morgan fingerprint density at radius 3 is 2.23 bits per heavy atom. The second-order valence-corrected chi connectivity index (χ2v) is 8.27. The minimum absolute atomic E-state index is 0.0371. The highest BCUT2D eigenvalue weighted by molar-refractivity contribution is 4.94. The van der Waals surface area contributed by atoms with E-state index in [1.54, 1.807) is 13.8 Å². The fraction of sp³-hybridized carbons (Fsp3) is 1.00. The zero-order valence-corrected chi connectivity index (χ0v) is 17.1. The third kappa shape index (κ3) is 5.46. The van der Waals surface area contributed by atoms with Gasteiger partial charge in [0.1, 0.15) is 36.1 Å². The predicted molar refractivity (Wildman–Crippen MR) is 97.9 cm³/mol. The van der Waals surface area contributed by atoms with Crippen LogP contribution in [-0.2, 0) is 18.9 Å². The Kier molecular flexibility index (Phi) is 8.96. The molecule has 30 heavy (non-hydrogen) atoms. The summed E-state index contributed by atoms with van der Waals surface area (Å²) in [4.78, 5) is 0. The summed E-state index contributed by atoms with van der Waals surface area (Å²) in [5.74, 6) is -0.257. The molecular weight excluding hydrogens is 408 g/mol. The average Bonchev–Trinajstić information content (AvgIpc) is 3.01. The van der Waals surface area contributed by atoms with Gasteiger partial charge in [-0.3, -0.25) is 0 Å². The lowest BCUT2D eigenvalue weighted by Crippen LogP contribution is -2.60. The molecule has 0 amide bonds. The zero-order chi connectivity index (χ0) is 22.7. The van der Waals surface area contributed by atoms with Crippen molar-refractivity contribution in [3.8, 4) is 0 Å². The molecule has 1 unspecified atom stereocenters. The van der Waals surface area contributed by atoms with Gasteiger partial charge in [-0.1, -0.05) is 13.8 Å². The van der Waals surface area contributed by atoms with Crippen LogP contribution in [0.25, 0.3) is 0 Å². The Morgan fingerprint density at radius 1 is 1.03 bits per heavy atom. The number of aliphatic hydroxyl groups is 8. The van der Waals surface area contributed by atoms with Crippen molar-refractivity contribution in [1.29, 1.82) is 0 Å². The van der Waals surface area contributed by atoms with E-state index in [0.717, 1.165) is 0 Å². The summed E-state index contributed by atoms with van der Waals surface area (Å²) in [5.41, 5.74) is -3.27. The molecule has 2 fully saturated rings. The number of rotatable bonds is 10. The first kappa shape index (κ1) is 25.8. The summed E-state index contributed by atoms with van der Waals surface area (Å²) in [5, 5.41) is 79.1. The Hall–Kier alpha value is -0.480. The van der Waals surface area contributed by atoms with E-state index < -0.39 is 67.5 Å². The normalized spacial score (nSPS) is 41.9. The maximum absolute atomic E-state index is 10.3. The molecule has 12 nitrogen and oxygen atoms in total. The van der Waals surface area contributed by atoms with Crippen molar-refractivity contribution in [2.75, 3.05) is 33.0 Å². The van der Waals surface area contributed by atoms with Gasteiger partial charge in [0, 0.05) is 6.42 Å². The van der Waals surface area contributed by atoms with Crippen LogP contribution in [0.3, 0.4) is 0 Å². The van der Waals surface area contributed by atoms with Crippen molar-refractivity contribution >= 4 is 0 Å². The highest BCUT2D eigenvalue weighted by Crippen LogP contribution is 2.28. The van der Waals surface area contributed by atoms with Gasteiger partial charge in [0.25, 0.3) is 0 Å². The van der Waals surface area contributed by atoms with Gasteiger partial charge < -0.3 is 59.8 Å². The van der Waals surface area contributed by atoms with Crippen LogP contribution in [0.15, 0.2) is 0 Å². The van der Waals surface area contributed by atoms with E-state index in [9.17, 15) is 35.7 Å². The van der Waals surface area contributed by atoms with E-state index in [1.807, 2.05) is 0 Å². The molecule has 178 valence electrons. The highest BCUT2D eigenvalue weighted by atomic mass is 16.7. The maximum Gasteiger partial charge on any atom is 0.186 e. The van der Waals surface area contributed by atoms with E-state index in [4.69, 9.17) is 24.1 Å². The van der Waals surface area contributed by atoms with Crippen LogP contribution >= 0.6 is 0 Å². The van der Waals surface area contributed by atoms with Crippen LogP contribution in [0.1, 0.15) is 20.3 Å². The Bertz CT molecular complexity index is 535. The minimum atomic E-state index is -1.88. The third-order valence-corrected chi connectivity index (χ3v) is 5.84. The molecule has 0 saturated carbocycles. The second kappa shape index (κ2) is 10.4. The molecule has 12 heteroatoms. The molecular formula is C18H34O12. The SMILES string of the molecule is CC(C)C(O)(CO)CCO[C@@H]1O[C@H](CO[C@H]2OC[C@](O)(CO)[C@H]2O)[C@@H](O)[C@H](O)[C@H]1O. The quantitative estimate of drug-likeness (QED) is 0.163. The molecule has 2 aliphatic rings. The molecule has 2 saturated heterocycles. The van der Waals surface area contributed by atoms with E-state index in [2.05, 4.69) is 0 Å². The van der Waals surface area contributed by atoms with Crippen LogP contribution in [0.2, 0.25) is 0 Å². The van der Waals surface area contributed by atoms with Crippen molar-refractivity contribution < 1.29 is 59.8 Å². The van der Waals surface area contributed by atoms with Crippen LogP contribution in [0, 0.1) is 5.92 Å². The van der Waals surface area contributed by atoms with Gasteiger partial charge in [-0.25, -0.2) is 0 Å². The second-order valence-electron chi connectivity index (χ2n) is 8.27. The minimum Gasteiger partial charge on any atom is -0.393 e. The molecule has 9 atom stereocenters. The van der Waals surface area contributed by atoms with E-state index in [1.165, 1.54) is 0 Å². The molecule has 2 rings (SSSR count). The molecule has 0 spiro atoms. The average molecular weight is 442 g/mol. The monoisotopic (exact) mass is 442 g/mol. The smallest absolute Gasteiger partial charge is 0.186 e. The van der Waals surface area contributed by atoms with Gasteiger partial charge in [0.05, 0.1) is 38.6 Å². The fourth-order valence-corrected chi connectivity index (χ4v) is 3.22. The lowest BCUT2D eigenvalue weighted by Gasteiger charge is -2.41. The van der Waals surface area contributed by atoms with E-state index in [-0.39, 0.29) is 32.2 Å². The first-order valence-electron chi connectivity index (χ1n) is 9.88. The van der Waals surface area contributed by atoms with Crippen LogP contribution in [-0.4, -0.2) is 128 Å². The summed E-state index contributed by atoms with van der Waals surface area (Å²) >= 11 is 0. The summed E-state index contributed by atoms with van der Waals surface area (Å²) < 4.78 is 21.3. The highest BCUT2D eigenvalue weighted by Gasteiger charge is 2.50. The summed E-state index contributed by atoms with van der Waals surface area (Å²) in [6, 6.07) is 0. The molecule has 8 N–H and O–H groups in total. The van der Waals surface area contributed by atoms with Crippen molar-refractivity contribution in [2.24, 2.45) is 5.92 Å². The Labute approximate surface area is 174 Å². The summed E-state index contributed by atoms with van der Waals surface area (Å²) in [7, 11) is 0. The molecule has 0 bridgehead atoms. The van der Waals surface area contributed by atoms with Gasteiger partial charge >= 0.3 is 0 Å². The largest absolute Gasteiger partial charge is 0.393 e. The number of ether oxygens (including phenoxy) is 4. The first-order chi connectivity index (χ1) is 14.0. The summed E-state index contributed by atoms with van der Waals surface area (Å²) in [6.45, 7) is 1.37. The number of aliphatic hydroxyl groups excluding tert-OH is 6. The molecule has 0 aromatic rings. The van der Waals surface area contributed by atoms with Crippen LogP contribution in [0.5, 0.6) is 0 Å². The van der Waals surface area contributed by atoms with Crippen LogP contribution < -0.4 is 0 Å². The lowest BCUT2D eigenvalue weighted by molar-refractivity contribution is -0.311. The van der Waals surface area contributed by atoms with Gasteiger partial charge in [-0.2, -0.15) is 0 Å². The first-order valence-corrected chi connectivity index (χ1v) is 9.88. The Morgan fingerprint density at radius 2 is 1.70 bits per heavy atom. The Balaban J connectivity index is 1.91. The zero-order valence-electron chi connectivity index (χ0n) is 17.1. The maximum atomic E-state index is 10.3. The molecule has 2 aliphatic heterocycles. The van der Waals surface area contributed by atoms with Crippen LogP contribution in [0.4, 0.5) is 0 Å². The lowest BCUT2D eigenvalue weighted by atomic mass is 9.88. The topological polar surface area (TPSA) is 199 Å². The molecule has 0 aromatic carbocycles. The number of hydrogen-bond acceptors (Lipinski definition) is 12. The third-order valence-electron chi connectivity index (χ3n) is 5.84. The molecule has 0 aliphatic carbocycles. The standard InChI is InChI=1S/C18H34O12/c1-9(2)17(25,6-19)3-4-27-15-13(23)12(22)11(21)10(30-15)5-28-16-14(24)18(26,7-20)8-29-16/h9-16,19-26H,3-8H2,1-2H3/t10-,11-,12+,13-,14+,15-,16+,17?,18-/m1/s1. The summed E-state index contributed by atoms with van der Waals surface area (Å²) in [6.07, 6.45) is -10.1. The molecule has 0 aromatic heterocycles. The van der Waals surface area contributed by atoms with Crippen molar-refractivity contribution in [2.45, 2.75) is 74.6 Å². The van der Waals surface area contributed by atoms with Crippen molar-refractivity contribution in [3.63, 3.8) is 0 Å². The fourth-order valence-electron chi connectivity index (χ4n) is 3.22. The van der Waals surface area contributed by atoms with Crippen molar-refractivity contribution in [3.05, 3.63) is 0 Å². The van der Waals surface area contributed by atoms with Gasteiger partial charge in [0.15, 0.2) is 12.6 Å². The predicted octanol–water partition coefficient (Wildman–Crippen LogP) is -3.96. The van der Waals surface area contributed by atoms with E-state index >= 15 is 0 Å². The van der Waals surface area contributed by atoms with Gasteiger partial charge in [-0.15, -0.1) is 0 Å². The molecule has 0 radical (unpaired) electrons. The van der Waals surface area contributed by atoms with Crippen molar-refractivity contribution in [1.82, 2.24) is 0 Å². The van der Waals surface area contributed by atoms with Gasteiger partial charge in [0.2, 0.25) is 0 Å². The molecule has 2 heterocycles. The van der Waals surface area contributed by atoms with Gasteiger partial charge in [-0.05, 0) is 5.92 Å². The van der Waals surface area contributed by atoms with E-state index in [0.29, 0.717) is 0 Å². The number of hydrogen-bond donors (Lipinski definition) is 8.